The van der Waals surface area contributed by atoms with Crippen LogP contribution in [0.25, 0.3) is 10.9 Å². The zero-order chi connectivity index (χ0) is 15.4. The van der Waals surface area contributed by atoms with Crippen molar-refractivity contribution in [2.24, 2.45) is 0 Å². The molecule has 0 aliphatic carbocycles. The van der Waals surface area contributed by atoms with Gasteiger partial charge in [0.2, 0.25) is 5.91 Å². The van der Waals surface area contributed by atoms with E-state index in [1.165, 1.54) is 11.6 Å². The lowest BCUT2D eigenvalue weighted by molar-refractivity contribution is 0.00578. The van der Waals surface area contributed by atoms with E-state index in [1.54, 1.807) is 0 Å². The zero-order valence-corrected chi connectivity index (χ0v) is 13.0. The van der Waals surface area contributed by atoms with E-state index in [0.29, 0.717) is 5.59 Å². The fourth-order valence-electron chi connectivity index (χ4n) is 2.46. The summed E-state index contributed by atoms with van der Waals surface area (Å²) < 4.78 is 13.5. The van der Waals surface area contributed by atoms with Crippen LogP contribution in [0.1, 0.15) is 39.4 Å². The molecule has 0 unspecified atom stereocenters. The van der Waals surface area contributed by atoms with Crippen molar-refractivity contribution in [3.8, 4) is 0 Å². The quantitative estimate of drug-likeness (QED) is 0.752. The molecule has 5 nitrogen and oxygen atoms in total. The van der Waals surface area contributed by atoms with Gasteiger partial charge in [-0.3, -0.25) is 4.79 Å². The molecule has 110 valence electrons. The molecule has 0 N–H and O–H groups in total. The molecule has 3 rings (SSSR count). The SMILES string of the molecule is CC(=O)n1nc(B2OC(C)(C)C(C)(C)O2)c2ccccc21. The molecule has 0 bridgehead atoms. The average molecular weight is 286 g/mol. The molecule has 0 radical (unpaired) electrons. The summed E-state index contributed by atoms with van der Waals surface area (Å²) in [5.41, 5.74) is 0.562. The topological polar surface area (TPSA) is 53.4 Å². The number of rotatable bonds is 1. The van der Waals surface area contributed by atoms with E-state index < -0.39 is 18.3 Å². The molecular formula is C15H19BN2O3. The number of fused-ring (bicyclic) bond motifs is 1. The summed E-state index contributed by atoms with van der Waals surface area (Å²) in [5.74, 6) is -0.131. The Labute approximate surface area is 124 Å². The maximum atomic E-state index is 11.8. The Hall–Kier alpha value is -1.66. The Morgan fingerprint density at radius 3 is 2.29 bits per heavy atom. The minimum Gasteiger partial charge on any atom is -0.398 e. The van der Waals surface area contributed by atoms with Gasteiger partial charge in [0.15, 0.2) is 0 Å². The standard InChI is InChI=1S/C15H19BN2O3/c1-10(19)18-12-9-7-6-8-11(12)13(17-18)16-20-14(2,3)15(4,5)21-16/h6-9H,1-5H3. The van der Waals surface area contributed by atoms with Crippen molar-refractivity contribution in [3.63, 3.8) is 0 Å². The monoisotopic (exact) mass is 286 g/mol. The van der Waals surface area contributed by atoms with Gasteiger partial charge in [0.05, 0.1) is 16.7 Å². The summed E-state index contributed by atoms with van der Waals surface area (Å²) in [6.07, 6.45) is 0. The van der Waals surface area contributed by atoms with Crippen LogP contribution in [0.4, 0.5) is 0 Å². The number of benzene rings is 1. The van der Waals surface area contributed by atoms with Crippen LogP contribution in [0.3, 0.4) is 0 Å². The highest BCUT2D eigenvalue weighted by atomic mass is 16.7. The van der Waals surface area contributed by atoms with Gasteiger partial charge < -0.3 is 9.31 Å². The van der Waals surface area contributed by atoms with Gasteiger partial charge >= 0.3 is 7.12 Å². The lowest BCUT2D eigenvalue weighted by atomic mass is 9.82. The highest BCUT2D eigenvalue weighted by Gasteiger charge is 2.53. The summed E-state index contributed by atoms with van der Waals surface area (Å²) >= 11 is 0. The molecule has 1 aromatic carbocycles. The summed E-state index contributed by atoms with van der Waals surface area (Å²) in [6, 6.07) is 7.61. The van der Waals surface area contributed by atoms with Crippen molar-refractivity contribution < 1.29 is 14.1 Å². The molecule has 0 saturated carbocycles. The maximum Gasteiger partial charge on any atom is 0.517 e. The van der Waals surface area contributed by atoms with Crippen LogP contribution in [0.5, 0.6) is 0 Å². The van der Waals surface area contributed by atoms with E-state index in [9.17, 15) is 4.79 Å². The largest absolute Gasteiger partial charge is 0.517 e. The van der Waals surface area contributed by atoms with Crippen LogP contribution in [-0.4, -0.2) is 34.0 Å². The normalized spacial score (nSPS) is 20.1. The molecule has 2 aromatic rings. The molecule has 0 spiro atoms. The second-order valence-electron chi connectivity index (χ2n) is 6.42. The smallest absolute Gasteiger partial charge is 0.398 e. The Morgan fingerprint density at radius 1 is 1.14 bits per heavy atom. The first-order valence-electron chi connectivity index (χ1n) is 7.07. The van der Waals surface area contributed by atoms with Crippen molar-refractivity contribution in [1.29, 1.82) is 0 Å². The summed E-state index contributed by atoms with van der Waals surface area (Å²) in [6.45, 7) is 9.48. The molecule has 21 heavy (non-hydrogen) atoms. The van der Waals surface area contributed by atoms with Crippen molar-refractivity contribution >= 4 is 29.5 Å². The van der Waals surface area contributed by atoms with Gasteiger partial charge in [-0.1, -0.05) is 18.2 Å². The highest BCUT2D eigenvalue weighted by molar-refractivity contribution is 6.64. The van der Waals surface area contributed by atoms with Crippen molar-refractivity contribution in [2.45, 2.75) is 45.8 Å². The molecule has 0 amide bonds. The van der Waals surface area contributed by atoms with Crippen LogP contribution >= 0.6 is 0 Å². The van der Waals surface area contributed by atoms with Gasteiger partial charge in [-0.2, -0.15) is 5.10 Å². The Balaban J connectivity index is 2.13. The first-order valence-corrected chi connectivity index (χ1v) is 7.07. The van der Waals surface area contributed by atoms with Gasteiger partial charge in [0.25, 0.3) is 0 Å². The van der Waals surface area contributed by atoms with Crippen LogP contribution in [0.2, 0.25) is 0 Å². The number of aromatic nitrogens is 2. The van der Waals surface area contributed by atoms with Crippen LogP contribution < -0.4 is 5.59 Å². The molecule has 1 saturated heterocycles. The first kappa shape index (κ1) is 14.3. The van der Waals surface area contributed by atoms with Crippen LogP contribution in [-0.2, 0) is 9.31 Å². The molecule has 2 heterocycles. The minimum atomic E-state index is -0.569. The Morgan fingerprint density at radius 2 is 1.71 bits per heavy atom. The second kappa shape index (κ2) is 4.42. The third kappa shape index (κ3) is 2.10. The van der Waals surface area contributed by atoms with E-state index in [4.69, 9.17) is 9.31 Å². The average Bonchev–Trinajstić information content (AvgIpc) is 2.85. The Kier molecular flexibility index (Phi) is 3.01. The summed E-state index contributed by atoms with van der Waals surface area (Å²) in [5, 5.41) is 5.30. The third-order valence-corrected chi connectivity index (χ3v) is 4.39. The molecule has 1 aliphatic heterocycles. The predicted octanol–water partition coefficient (Wildman–Crippen LogP) is 2.00. The van der Waals surface area contributed by atoms with Gasteiger partial charge in [-0.05, 0) is 33.8 Å². The van der Waals surface area contributed by atoms with Crippen LogP contribution in [0.15, 0.2) is 24.3 Å². The number of para-hydroxylation sites is 1. The number of hydrogen-bond acceptors (Lipinski definition) is 4. The van der Waals surface area contributed by atoms with Gasteiger partial charge in [0.1, 0.15) is 5.59 Å². The van der Waals surface area contributed by atoms with Gasteiger partial charge in [-0.15, -0.1) is 0 Å². The highest BCUT2D eigenvalue weighted by Crippen LogP contribution is 2.36. The van der Waals surface area contributed by atoms with E-state index >= 15 is 0 Å². The van der Waals surface area contributed by atoms with Crippen LogP contribution in [0, 0.1) is 0 Å². The summed E-state index contributed by atoms with van der Waals surface area (Å²) in [7, 11) is -0.569. The number of carbonyl (C=O) groups excluding carboxylic acids is 1. The molecular weight excluding hydrogens is 267 g/mol. The van der Waals surface area contributed by atoms with Crippen molar-refractivity contribution in [3.05, 3.63) is 24.3 Å². The number of nitrogens with zero attached hydrogens (tertiary/aromatic N) is 2. The Bertz CT molecular complexity index is 705. The summed E-state index contributed by atoms with van der Waals surface area (Å²) in [4.78, 5) is 11.8. The second-order valence-corrected chi connectivity index (χ2v) is 6.42. The van der Waals surface area contributed by atoms with E-state index in [1.807, 2.05) is 52.0 Å². The molecule has 6 heteroatoms. The molecule has 0 atom stereocenters. The predicted molar refractivity (Wildman–Crippen MR) is 81.7 cm³/mol. The zero-order valence-electron chi connectivity index (χ0n) is 13.0. The van der Waals surface area contributed by atoms with E-state index in [-0.39, 0.29) is 5.91 Å². The molecule has 1 fully saturated rings. The fraction of sp³-hybridized carbons (Fsp3) is 0.467. The maximum absolute atomic E-state index is 11.8. The van der Waals surface area contributed by atoms with E-state index in [2.05, 4.69) is 5.10 Å². The lowest BCUT2D eigenvalue weighted by Gasteiger charge is -2.32. The first-order chi connectivity index (χ1) is 9.73. The molecule has 1 aromatic heterocycles. The third-order valence-electron chi connectivity index (χ3n) is 4.39. The van der Waals surface area contributed by atoms with Crippen molar-refractivity contribution in [2.75, 3.05) is 0 Å². The fourth-order valence-corrected chi connectivity index (χ4v) is 2.46. The van der Waals surface area contributed by atoms with Crippen molar-refractivity contribution in [1.82, 2.24) is 9.78 Å². The number of carbonyl (C=O) groups is 1. The molecule has 1 aliphatic rings. The van der Waals surface area contributed by atoms with Gasteiger partial charge in [0, 0.05) is 12.3 Å². The van der Waals surface area contributed by atoms with E-state index in [0.717, 1.165) is 10.9 Å². The number of hydrogen-bond donors (Lipinski definition) is 0. The lowest BCUT2D eigenvalue weighted by Crippen LogP contribution is -2.41. The van der Waals surface area contributed by atoms with Gasteiger partial charge in [-0.25, -0.2) is 4.68 Å². The minimum absolute atomic E-state index is 0.131.